The molecule has 4 N–H and O–H groups in total. The van der Waals surface area contributed by atoms with Crippen LogP contribution < -0.4 is 31.1 Å². The summed E-state index contributed by atoms with van der Waals surface area (Å²) in [5, 5.41) is 6.28. The highest BCUT2D eigenvalue weighted by Gasteiger charge is 2.41. The molecular weight excluding hydrogens is 363 g/mol. The normalized spacial score (nSPS) is 23.0. The highest BCUT2D eigenvalue weighted by atomic mass is 19.4. The number of benzene rings is 1. The molecule has 1 amide bonds. The van der Waals surface area contributed by atoms with Gasteiger partial charge in [-0.3, -0.25) is 15.6 Å². The molecule has 10 heteroatoms. The van der Waals surface area contributed by atoms with E-state index >= 15 is 0 Å². The minimum atomic E-state index is -4.38. The molecule has 3 heterocycles. The fourth-order valence-corrected chi connectivity index (χ4v) is 3.30. The lowest BCUT2D eigenvalue weighted by atomic mass is 9.95. The average molecular weight is 383 g/mol. The van der Waals surface area contributed by atoms with Gasteiger partial charge in [0.15, 0.2) is 11.6 Å². The number of hydrogen-bond donors (Lipinski definition) is 4. The summed E-state index contributed by atoms with van der Waals surface area (Å²) >= 11 is 0. The number of carbonyl (C=O) groups is 1. The van der Waals surface area contributed by atoms with Gasteiger partial charge in [-0.25, -0.2) is 0 Å². The third-order valence-corrected chi connectivity index (χ3v) is 5.13. The second-order valence-corrected chi connectivity index (χ2v) is 6.95. The van der Waals surface area contributed by atoms with E-state index in [1.807, 2.05) is 0 Å². The second kappa shape index (κ2) is 6.22. The Morgan fingerprint density at radius 1 is 1.30 bits per heavy atom. The van der Waals surface area contributed by atoms with E-state index in [0.717, 1.165) is 6.92 Å². The molecule has 1 aromatic rings. The monoisotopic (exact) mass is 383 g/mol. The number of rotatable bonds is 3. The molecule has 3 aliphatic rings. The van der Waals surface area contributed by atoms with Gasteiger partial charge in [-0.15, -0.1) is 0 Å². The van der Waals surface area contributed by atoms with Gasteiger partial charge in [0.2, 0.25) is 0 Å². The molecule has 7 nitrogen and oxygen atoms in total. The Kier molecular flexibility index (Phi) is 4.10. The van der Waals surface area contributed by atoms with Gasteiger partial charge in [-0.05, 0) is 31.5 Å². The van der Waals surface area contributed by atoms with Crippen LogP contribution >= 0.6 is 0 Å². The van der Waals surface area contributed by atoms with Gasteiger partial charge in [0, 0.05) is 18.8 Å². The summed E-state index contributed by atoms with van der Waals surface area (Å²) in [5.41, 5.74) is 6.31. The number of hydrogen-bond acceptors (Lipinski definition) is 6. The van der Waals surface area contributed by atoms with E-state index in [4.69, 9.17) is 4.74 Å². The van der Waals surface area contributed by atoms with Crippen LogP contribution in [0.1, 0.15) is 25.3 Å². The van der Waals surface area contributed by atoms with Crippen LogP contribution in [0.25, 0.3) is 0 Å². The van der Waals surface area contributed by atoms with E-state index < -0.39 is 18.1 Å². The van der Waals surface area contributed by atoms with E-state index in [1.54, 1.807) is 17.9 Å². The minimum absolute atomic E-state index is 0.0574. The zero-order valence-electron chi connectivity index (χ0n) is 14.8. The first kappa shape index (κ1) is 17.8. The number of ether oxygens (including phenoxy) is 1. The van der Waals surface area contributed by atoms with Crippen LogP contribution in [0.2, 0.25) is 0 Å². The molecule has 0 aliphatic carbocycles. The standard InChI is InChI=1S/C17H20F3N5O2/c1-8(17(18,19)20)11-3-14-13(4-12(11)22-10-5-21-6-10)25-9(2)16(26)24-23-15(25)7-27-14/h3-4,7-10,21-23H,5-6H2,1-2H3,(H,24,26). The topological polar surface area (TPSA) is 77.7 Å². The van der Waals surface area contributed by atoms with Crippen molar-refractivity contribution in [1.82, 2.24) is 16.2 Å². The maximum atomic E-state index is 13.4. The Balaban J connectivity index is 1.79. The van der Waals surface area contributed by atoms with Crippen LogP contribution in [0.15, 0.2) is 24.2 Å². The zero-order valence-corrected chi connectivity index (χ0v) is 14.8. The molecule has 2 saturated heterocycles. The van der Waals surface area contributed by atoms with Crippen molar-refractivity contribution >= 4 is 17.3 Å². The van der Waals surface area contributed by atoms with Crippen LogP contribution in [0.3, 0.4) is 0 Å². The number of nitrogens with zero attached hydrogens (tertiary/aromatic N) is 1. The first-order chi connectivity index (χ1) is 12.8. The number of amides is 1. The molecule has 2 fully saturated rings. The first-order valence-electron chi connectivity index (χ1n) is 8.69. The molecule has 2 unspecified atom stereocenters. The lowest BCUT2D eigenvalue weighted by molar-refractivity contribution is -0.146. The van der Waals surface area contributed by atoms with E-state index in [-0.39, 0.29) is 23.3 Å². The molecule has 4 rings (SSSR count). The maximum absolute atomic E-state index is 13.4. The van der Waals surface area contributed by atoms with Crippen molar-refractivity contribution < 1.29 is 22.7 Å². The smallest absolute Gasteiger partial charge is 0.395 e. The molecule has 0 bridgehead atoms. The van der Waals surface area contributed by atoms with Gasteiger partial charge < -0.3 is 20.3 Å². The maximum Gasteiger partial charge on any atom is 0.395 e. The highest BCUT2D eigenvalue weighted by Crippen LogP contribution is 2.45. The Morgan fingerprint density at radius 2 is 2.04 bits per heavy atom. The zero-order chi connectivity index (χ0) is 19.3. The third-order valence-electron chi connectivity index (χ3n) is 5.13. The van der Waals surface area contributed by atoms with Crippen molar-refractivity contribution in [1.29, 1.82) is 0 Å². The van der Waals surface area contributed by atoms with Crippen molar-refractivity contribution in [3.05, 3.63) is 29.8 Å². The van der Waals surface area contributed by atoms with Crippen LogP contribution in [-0.2, 0) is 4.79 Å². The molecule has 0 aromatic heterocycles. The average Bonchev–Trinajstić information content (AvgIpc) is 2.58. The summed E-state index contributed by atoms with van der Waals surface area (Å²) in [6.45, 7) is 4.22. The molecule has 0 spiro atoms. The summed E-state index contributed by atoms with van der Waals surface area (Å²) in [5.74, 6) is -1.11. The lowest BCUT2D eigenvalue weighted by Crippen LogP contribution is -2.59. The fraction of sp³-hybridized carbons (Fsp3) is 0.471. The number of fused-ring (bicyclic) bond motifs is 3. The predicted octanol–water partition coefficient (Wildman–Crippen LogP) is 1.76. The first-order valence-corrected chi connectivity index (χ1v) is 8.69. The van der Waals surface area contributed by atoms with Gasteiger partial charge in [-0.2, -0.15) is 13.2 Å². The summed E-state index contributed by atoms with van der Waals surface area (Å²) in [6, 6.07) is 2.56. The van der Waals surface area contributed by atoms with Gasteiger partial charge >= 0.3 is 6.18 Å². The van der Waals surface area contributed by atoms with E-state index in [2.05, 4.69) is 21.5 Å². The lowest BCUT2D eigenvalue weighted by Gasteiger charge is -2.40. The van der Waals surface area contributed by atoms with Crippen LogP contribution in [0.4, 0.5) is 24.5 Å². The Hall–Kier alpha value is -2.62. The second-order valence-electron chi connectivity index (χ2n) is 6.95. The summed E-state index contributed by atoms with van der Waals surface area (Å²) in [7, 11) is 0. The molecule has 3 aliphatic heterocycles. The molecular formula is C17H20F3N5O2. The number of anilines is 2. The van der Waals surface area contributed by atoms with Gasteiger partial charge in [0.1, 0.15) is 12.3 Å². The Morgan fingerprint density at radius 3 is 2.67 bits per heavy atom. The third kappa shape index (κ3) is 3.03. The SMILES string of the molecule is CC1C(=O)NNC2=COc3cc(C(C)C(F)(F)F)c(NC4CNC4)cc3N21. The summed E-state index contributed by atoms with van der Waals surface area (Å²) in [6.07, 6.45) is -3.00. The number of nitrogens with one attached hydrogen (secondary N) is 4. The minimum Gasteiger partial charge on any atom is -0.459 e. The van der Waals surface area contributed by atoms with E-state index in [9.17, 15) is 18.0 Å². The van der Waals surface area contributed by atoms with E-state index in [0.29, 0.717) is 30.3 Å². The van der Waals surface area contributed by atoms with Crippen LogP contribution in [-0.4, -0.2) is 37.3 Å². The van der Waals surface area contributed by atoms with Crippen LogP contribution in [0.5, 0.6) is 5.75 Å². The molecule has 27 heavy (non-hydrogen) atoms. The molecule has 1 aromatic carbocycles. The fourth-order valence-electron chi connectivity index (χ4n) is 3.30. The van der Waals surface area contributed by atoms with Crippen molar-refractivity contribution in [2.24, 2.45) is 0 Å². The van der Waals surface area contributed by atoms with Gasteiger partial charge in [-0.1, -0.05) is 0 Å². The van der Waals surface area contributed by atoms with E-state index in [1.165, 1.54) is 12.3 Å². The van der Waals surface area contributed by atoms with Crippen molar-refractivity contribution in [2.75, 3.05) is 23.3 Å². The highest BCUT2D eigenvalue weighted by molar-refractivity contribution is 5.89. The molecule has 0 radical (unpaired) electrons. The largest absolute Gasteiger partial charge is 0.459 e. The van der Waals surface area contributed by atoms with Gasteiger partial charge in [0.05, 0.1) is 17.6 Å². The molecule has 0 saturated carbocycles. The number of halogens is 3. The Labute approximate surface area is 153 Å². The van der Waals surface area contributed by atoms with Crippen molar-refractivity contribution in [3.8, 4) is 5.75 Å². The quantitative estimate of drug-likeness (QED) is 0.637. The van der Waals surface area contributed by atoms with Crippen LogP contribution in [0, 0.1) is 0 Å². The van der Waals surface area contributed by atoms with Crippen molar-refractivity contribution in [3.63, 3.8) is 0 Å². The molecule has 2 atom stereocenters. The number of alkyl halides is 3. The van der Waals surface area contributed by atoms with Crippen molar-refractivity contribution in [2.45, 2.75) is 38.0 Å². The molecule has 146 valence electrons. The number of carbonyl (C=O) groups excluding carboxylic acids is 1. The Bertz CT molecular complexity index is 806. The predicted molar refractivity (Wildman–Crippen MR) is 93.1 cm³/mol. The summed E-state index contributed by atoms with van der Waals surface area (Å²) < 4.78 is 45.7. The van der Waals surface area contributed by atoms with Gasteiger partial charge in [0.25, 0.3) is 5.91 Å². The summed E-state index contributed by atoms with van der Waals surface area (Å²) in [4.78, 5) is 13.7. The number of hydrazine groups is 1.